The standard InChI is InChI=1S/C18H24N4O3/c1-2-20-18(22-13-15-9-10-16(25-15)17(19)23)21-11-6-12-24-14-7-4-3-5-8-14/h3-5,7-10H,2,6,11-13H2,1H3,(H2,19,23)(H2,20,21,22). The molecule has 7 nitrogen and oxygen atoms in total. The van der Waals surface area contributed by atoms with Gasteiger partial charge in [0.05, 0.1) is 6.61 Å². The molecule has 0 aliphatic carbocycles. The molecule has 4 N–H and O–H groups in total. The average Bonchev–Trinajstić information content (AvgIpc) is 3.09. The molecule has 0 fully saturated rings. The van der Waals surface area contributed by atoms with Gasteiger partial charge in [-0.2, -0.15) is 0 Å². The van der Waals surface area contributed by atoms with Crippen LogP contribution in [0.25, 0.3) is 0 Å². The Morgan fingerprint density at radius 1 is 1.20 bits per heavy atom. The summed E-state index contributed by atoms with van der Waals surface area (Å²) in [4.78, 5) is 15.4. The van der Waals surface area contributed by atoms with Crippen LogP contribution in [0.1, 0.15) is 29.7 Å². The molecule has 0 saturated heterocycles. The Kier molecular flexibility index (Phi) is 7.37. The lowest BCUT2D eigenvalue weighted by Gasteiger charge is -2.11. The van der Waals surface area contributed by atoms with Crippen molar-refractivity contribution in [2.75, 3.05) is 19.7 Å². The number of guanidine groups is 1. The predicted molar refractivity (Wildman–Crippen MR) is 96.6 cm³/mol. The fraction of sp³-hybridized carbons (Fsp3) is 0.333. The topological polar surface area (TPSA) is 102 Å². The molecule has 0 spiro atoms. The number of hydrogen-bond donors (Lipinski definition) is 3. The molecule has 25 heavy (non-hydrogen) atoms. The molecule has 1 aromatic carbocycles. The summed E-state index contributed by atoms with van der Waals surface area (Å²) in [6, 6.07) is 13.0. The molecule has 0 bridgehead atoms. The zero-order chi connectivity index (χ0) is 17.9. The van der Waals surface area contributed by atoms with E-state index in [-0.39, 0.29) is 5.76 Å². The number of aliphatic imine (C=N–C) groups is 1. The van der Waals surface area contributed by atoms with Gasteiger partial charge < -0.3 is 25.5 Å². The minimum atomic E-state index is -0.585. The van der Waals surface area contributed by atoms with Gasteiger partial charge in [-0.1, -0.05) is 18.2 Å². The maximum absolute atomic E-state index is 11.0. The summed E-state index contributed by atoms with van der Waals surface area (Å²) < 4.78 is 11.0. The lowest BCUT2D eigenvalue weighted by Crippen LogP contribution is -2.38. The van der Waals surface area contributed by atoms with Crippen LogP contribution in [-0.2, 0) is 6.54 Å². The molecular formula is C18H24N4O3. The molecule has 134 valence electrons. The predicted octanol–water partition coefficient (Wildman–Crippen LogP) is 1.90. The number of nitrogens with zero attached hydrogens (tertiary/aromatic N) is 1. The number of hydrogen-bond acceptors (Lipinski definition) is 4. The van der Waals surface area contributed by atoms with E-state index in [1.807, 2.05) is 37.3 Å². The van der Waals surface area contributed by atoms with Crippen LogP contribution in [0.4, 0.5) is 0 Å². The largest absolute Gasteiger partial charge is 0.494 e. The van der Waals surface area contributed by atoms with E-state index in [1.165, 1.54) is 0 Å². The van der Waals surface area contributed by atoms with Crippen molar-refractivity contribution in [3.8, 4) is 5.75 Å². The van der Waals surface area contributed by atoms with Gasteiger partial charge >= 0.3 is 0 Å². The number of nitrogens with two attached hydrogens (primary N) is 1. The van der Waals surface area contributed by atoms with E-state index in [0.717, 1.165) is 25.3 Å². The van der Waals surface area contributed by atoms with Gasteiger partial charge in [0.25, 0.3) is 5.91 Å². The number of benzene rings is 1. The molecule has 2 rings (SSSR count). The van der Waals surface area contributed by atoms with Crippen molar-refractivity contribution in [2.24, 2.45) is 10.7 Å². The zero-order valence-electron chi connectivity index (χ0n) is 14.3. The number of carbonyl (C=O) groups is 1. The number of furan rings is 1. The van der Waals surface area contributed by atoms with Gasteiger partial charge in [0.2, 0.25) is 0 Å². The third-order valence-corrected chi connectivity index (χ3v) is 3.27. The van der Waals surface area contributed by atoms with E-state index in [9.17, 15) is 4.79 Å². The Balaban J connectivity index is 1.74. The number of primary amides is 1. The molecule has 1 heterocycles. The van der Waals surface area contributed by atoms with Crippen molar-refractivity contribution in [1.82, 2.24) is 10.6 Å². The number of amides is 1. The van der Waals surface area contributed by atoms with Crippen LogP contribution in [0.15, 0.2) is 51.9 Å². The van der Waals surface area contributed by atoms with Gasteiger partial charge in [-0.3, -0.25) is 4.79 Å². The lowest BCUT2D eigenvalue weighted by atomic mass is 10.3. The molecule has 1 amide bonds. The van der Waals surface area contributed by atoms with Crippen LogP contribution in [0.5, 0.6) is 5.75 Å². The molecule has 0 aliphatic heterocycles. The molecule has 0 radical (unpaired) electrons. The Hall–Kier alpha value is -2.96. The highest BCUT2D eigenvalue weighted by molar-refractivity contribution is 5.89. The quantitative estimate of drug-likeness (QED) is 0.366. The van der Waals surface area contributed by atoms with E-state index in [0.29, 0.717) is 24.9 Å². The van der Waals surface area contributed by atoms with Gasteiger partial charge in [0.15, 0.2) is 11.7 Å². The van der Waals surface area contributed by atoms with Crippen molar-refractivity contribution in [3.63, 3.8) is 0 Å². The van der Waals surface area contributed by atoms with Crippen LogP contribution >= 0.6 is 0 Å². The van der Waals surface area contributed by atoms with E-state index >= 15 is 0 Å². The monoisotopic (exact) mass is 344 g/mol. The number of carbonyl (C=O) groups excluding carboxylic acids is 1. The fourth-order valence-corrected chi connectivity index (χ4v) is 2.08. The van der Waals surface area contributed by atoms with E-state index < -0.39 is 5.91 Å². The molecule has 2 aromatic rings. The Morgan fingerprint density at radius 3 is 2.68 bits per heavy atom. The molecule has 0 unspecified atom stereocenters. The van der Waals surface area contributed by atoms with Gasteiger partial charge in [0, 0.05) is 13.1 Å². The second-order valence-corrected chi connectivity index (χ2v) is 5.27. The molecule has 0 atom stereocenters. The van der Waals surface area contributed by atoms with Gasteiger partial charge in [-0.05, 0) is 37.6 Å². The normalized spacial score (nSPS) is 11.2. The van der Waals surface area contributed by atoms with Crippen molar-refractivity contribution >= 4 is 11.9 Å². The third-order valence-electron chi connectivity index (χ3n) is 3.27. The van der Waals surface area contributed by atoms with Crippen LogP contribution < -0.4 is 21.1 Å². The molecule has 0 aliphatic rings. The summed E-state index contributed by atoms with van der Waals surface area (Å²) in [7, 11) is 0. The van der Waals surface area contributed by atoms with Gasteiger partial charge in [-0.15, -0.1) is 0 Å². The molecular weight excluding hydrogens is 320 g/mol. The first-order valence-electron chi connectivity index (χ1n) is 8.27. The first-order chi connectivity index (χ1) is 12.2. The van der Waals surface area contributed by atoms with E-state index in [2.05, 4.69) is 15.6 Å². The number of rotatable bonds is 9. The minimum absolute atomic E-state index is 0.140. The summed E-state index contributed by atoms with van der Waals surface area (Å²) in [5.41, 5.74) is 5.16. The second kappa shape index (κ2) is 10.0. The Bertz CT molecular complexity index is 683. The molecule has 1 aromatic heterocycles. The summed E-state index contributed by atoms with van der Waals surface area (Å²) in [5.74, 6) is 1.68. The third kappa shape index (κ3) is 6.58. The van der Waals surface area contributed by atoms with Crippen molar-refractivity contribution in [3.05, 3.63) is 54.0 Å². The van der Waals surface area contributed by atoms with E-state index in [4.69, 9.17) is 14.9 Å². The summed E-state index contributed by atoms with van der Waals surface area (Å²) in [6.07, 6.45) is 0.839. The lowest BCUT2D eigenvalue weighted by molar-refractivity contribution is 0.0972. The SMILES string of the molecule is CCNC(=NCc1ccc(C(N)=O)o1)NCCCOc1ccccc1. The first-order valence-corrected chi connectivity index (χ1v) is 8.27. The van der Waals surface area contributed by atoms with Crippen LogP contribution in [-0.4, -0.2) is 31.6 Å². The highest BCUT2D eigenvalue weighted by Crippen LogP contribution is 2.09. The highest BCUT2D eigenvalue weighted by Gasteiger charge is 2.06. The van der Waals surface area contributed by atoms with Crippen molar-refractivity contribution in [1.29, 1.82) is 0 Å². The smallest absolute Gasteiger partial charge is 0.284 e. The zero-order valence-corrected chi connectivity index (χ0v) is 14.3. The minimum Gasteiger partial charge on any atom is -0.494 e. The fourth-order valence-electron chi connectivity index (χ4n) is 2.08. The molecule has 0 saturated carbocycles. The number of nitrogens with one attached hydrogen (secondary N) is 2. The maximum atomic E-state index is 11.0. The Morgan fingerprint density at radius 2 is 2.00 bits per heavy atom. The van der Waals surface area contributed by atoms with Crippen molar-refractivity contribution in [2.45, 2.75) is 19.9 Å². The van der Waals surface area contributed by atoms with Gasteiger partial charge in [-0.25, -0.2) is 4.99 Å². The first kappa shape index (κ1) is 18.4. The van der Waals surface area contributed by atoms with Crippen LogP contribution in [0, 0.1) is 0 Å². The summed E-state index contributed by atoms with van der Waals surface area (Å²) in [6.45, 7) is 4.41. The highest BCUT2D eigenvalue weighted by atomic mass is 16.5. The van der Waals surface area contributed by atoms with Gasteiger partial charge in [0.1, 0.15) is 18.1 Å². The second-order valence-electron chi connectivity index (χ2n) is 5.27. The average molecular weight is 344 g/mol. The number of ether oxygens (including phenoxy) is 1. The maximum Gasteiger partial charge on any atom is 0.284 e. The van der Waals surface area contributed by atoms with Crippen molar-refractivity contribution < 1.29 is 13.9 Å². The molecule has 7 heteroatoms. The summed E-state index contributed by atoms with van der Waals surface area (Å²) in [5, 5.41) is 6.39. The number of para-hydroxylation sites is 1. The van der Waals surface area contributed by atoms with Crippen LogP contribution in [0.3, 0.4) is 0 Å². The Labute approximate surface area is 147 Å². The summed E-state index contributed by atoms with van der Waals surface area (Å²) >= 11 is 0. The van der Waals surface area contributed by atoms with Crippen LogP contribution in [0.2, 0.25) is 0 Å². The van der Waals surface area contributed by atoms with E-state index in [1.54, 1.807) is 12.1 Å².